The van der Waals surface area contributed by atoms with Crippen LogP contribution in [0.3, 0.4) is 0 Å². The van der Waals surface area contributed by atoms with E-state index in [2.05, 4.69) is 10.0 Å². The van der Waals surface area contributed by atoms with Gasteiger partial charge < -0.3 is 5.32 Å². The summed E-state index contributed by atoms with van der Waals surface area (Å²) in [5.74, 6) is -0.334. The third kappa shape index (κ3) is 5.46. The number of benzene rings is 2. The van der Waals surface area contributed by atoms with Crippen LogP contribution in [0.25, 0.3) is 0 Å². The Bertz CT molecular complexity index is 910. The fraction of sp³-hybridized carbons (Fsp3) is 0.278. The molecule has 0 radical (unpaired) electrons. The van der Waals surface area contributed by atoms with Crippen molar-refractivity contribution >= 4 is 21.6 Å². The monoisotopic (exact) mass is 400 g/mol. The van der Waals surface area contributed by atoms with Crippen LogP contribution in [-0.2, 0) is 16.2 Å². The Morgan fingerprint density at radius 2 is 1.74 bits per heavy atom. The largest absolute Gasteiger partial charge is 0.416 e. The van der Waals surface area contributed by atoms with Gasteiger partial charge >= 0.3 is 6.18 Å². The smallest absolute Gasteiger partial charge is 0.350 e. The number of rotatable bonds is 6. The van der Waals surface area contributed by atoms with E-state index in [0.717, 1.165) is 18.6 Å². The number of amides is 1. The Labute approximate surface area is 155 Å². The van der Waals surface area contributed by atoms with Crippen molar-refractivity contribution in [1.82, 2.24) is 5.32 Å². The molecule has 27 heavy (non-hydrogen) atoms. The molecule has 0 saturated heterocycles. The fourth-order valence-corrected chi connectivity index (χ4v) is 3.22. The summed E-state index contributed by atoms with van der Waals surface area (Å²) in [6.45, 7) is 3.76. The molecule has 1 amide bonds. The number of sulfonamides is 1. The molecule has 0 saturated carbocycles. The average Bonchev–Trinajstić information content (AvgIpc) is 2.60. The minimum atomic E-state index is -4.58. The number of carbonyl (C=O) groups is 1. The molecule has 0 spiro atoms. The summed E-state index contributed by atoms with van der Waals surface area (Å²) in [4.78, 5) is 11.8. The van der Waals surface area contributed by atoms with Gasteiger partial charge in [0.15, 0.2) is 0 Å². The molecular formula is C18H19F3N2O3S. The van der Waals surface area contributed by atoms with Crippen molar-refractivity contribution in [1.29, 1.82) is 0 Å². The van der Waals surface area contributed by atoms with Gasteiger partial charge in [0.2, 0.25) is 0 Å². The van der Waals surface area contributed by atoms with Gasteiger partial charge in [-0.1, -0.05) is 13.0 Å². The normalized spacial score (nSPS) is 13.1. The summed E-state index contributed by atoms with van der Waals surface area (Å²) in [6.07, 6.45) is -3.83. The Hall–Kier alpha value is -2.55. The van der Waals surface area contributed by atoms with Crippen molar-refractivity contribution < 1.29 is 26.4 Å². The highest BCUT2D eigenvalue weighted by Crippen LogP contribution is 2.31. The van der Waals surface area contributed by atoms with Crippen LogP contribution >= 0.6 is 0 Å². The van der Waals surface area contributed by atoms with Crippen molar-refractivity contribution in [2.45, 2.75) is 37.4 Å². The summed E-state index contributed by atoms with van der Waals surface area (Å²) in [6, 6.07) is 9.01. The lowest BCUT2D eigenvalue weighted by Gasteiger charge is -2.13. The van der Waals surface area contributed by atoms with E-state index in [1.165, 1.54) is 30.3 Å². The van der Waals surface area contributed by atoms with Gasteiger partial charge in [0.1, 0.15) is 0 Å². The highest BCUT2D eigenvalue weighted by molar-refractivity contribution is 7.92. The number of alkyl halides is 3. The zero-order valence-corrected chi connectivity index (χ0v) is 15.5. The molecule has 0 unspecified atom stereocenters. The molecule has 2 rings (SSSR count). The first-order chi connectivity index (χ1) is 12.5. The minimum absolute atomic E-state index is 0.0246. The van der Waals surface area contributed by atoms with E-state index in [4.69, 9.17) is 0 Å². The third-order valence-corrected chi connectivity index (χ3v) is 5.26. The van der Waals surface area contributed by atoms with Crippen molar-refractivity contribution in [2.24, 2.45) is 0 Å². The molecule has 2 N–H and O–H groups in total. The standard InChI is InChI=1S/C18H19F3N2O3S/c1-3-12(2)22-17(24)13-7-9-16(10-8-13)27(25,26)23-15-6-4-5-14(11-15)18(19,20)21/h4-12,23H,3H2,1-2H3,(H,22,24)/t12-/m1/s1. The number of hydrogen-bond donors (Lipinski definition) is 2. The van der Waals surface area contributed by atoms with E-state index in [1.54, 1.807) is 0 Å². The summed E-state index contributed by atoms with van der Waals surface area (Å²) in [5.41, 5.74) is -0.878. The van der Waals surface area contributed by atoms with Crippen LogP contribution in [0, 0.1) is 0 Å². The maximum absolute atomic E-state index is 12.7. The SMILES string of the molecule is CC[C@@H](C)NC(=O)c1ccc(S(=O)(=O)Nc2cccc(C(F)(F)F)c2)cc1. The first-order valence-corrected chi connectivity index (χ1v) is 9.62. The van der Waals surface area contributed by atoms with E-state index < -0.39 is 21.8 Å². The van der Waals surface area contributed by atoms with Crippen LogP contribution in [0.4, 0.5) is 18.9 Å². The van der Waals surface area contributed by atoms with Crippen molar-refractivity contribution in [3.8, 4) is 0 Å². The lowest BCUT2D eigenvalue weighted by molar-refractivity contribution is -0.137. The number of halogens is 3. The van der Waals surface area contributed by atoms with E-state index in [9.17, 15) is 26.4 Å². The zero-order chi connectivity index (χ0) is 20.2. The van der Waals surface area contributed by atoms with Crippen LogP contribution in [0.2, 0.25) is 0 Å². The maximum Gasteiger partial charge on any atom is 0.416 e. The van der Waals surface area contributed by atoms with E-state index >= 15 is 0 Å². The highest BCUT2D eigenvalue weighted by atomic mass is 32.2. The first kappa shape index (κ1) is 20.8. The third-order valence-electron chi connectivity index (χ3n) is 3.86. The molecule has 0 aliphatic rings. The molecule has 9 heteroatoms. The van der Waals surface area contributed by atoms with Crippen molar-refractivity contribution in [2.75, 3.05) is 4.72 Å². The van der Waals surface area contributed by atoms with Gasteiger partial charge in [0, 0.05) is 17.3 Å². The molecule has 0 bridgehead atoms. The van der Waals surface area contributed by atoms with Gasteiger partial charge in [0.05, 0.1) is 10.5 Å². The maximum atomic E-state index is 12.7. The van der Waals surface area contributed by atoms with Gasteiger partial charge in [-0.2, -0.15) is 13.2 Å². The molecule has 0 aliphatic heterocycles. The van der Waals surface area contributed by atoms with Crippen LogP contribution in [0.15, 0.2) is 53.4 Å². The second-order valence-corrected chi connectivity index (χ2v) is 7.67. The molecular weight excluding hydrogens is 381 g/mol. The first-order valence-electron chi connectivity index (χ1n) is 8.14. The Balaban J connectivity index is 2.19. The predicted octanol–water partition coefficient (Wildman–Crippen LogP) is 4.03. The molecule has 1 atom stereocenters. The summed E-state index contributed by atoms with van der Waals surface area (Å²) < 4.78 is 65.1. The molecule has 2 aromatic carbocycles. The average molecular weight is 400 g/mol. The van der Waals surface area contributed by atoms with Crippen molar-refractivity contribution in [3.05, 3.63) is 59.7 Å². The van der Waals surface area contributed by atoms with E-state index in [0.29, 0.717) is 6.07 Å². The number of nitrogens with one attached hydrogen (secondary N) is 2. The van der Waals surface area contributed by atoms with E-state index in [1.807, 2.05) is 13.8 Å². The molecule has 146 valence electrons. The quantitative estimate of drug-likeness (QED) is 0.769. The topological polar surface area (TPSA) is 75.3 Å². The van der Waals surface area contributed by atoms with Gasteiger partial charge in [0.25, 0.3) is 15.9 Å². The second kappa shape index (κ2) is 7.99. The van der Waals surface area contributed by atoms with Gasteiger partial charge in [-0.3, -0.25) is 9.52 Å². The molecule has 2 aromatic rings. The Kier molecular flexibility index (Phi) is 6.15. The summed E-state index contributed by atoms with van der Waals surface area (Å²) >= 11 is 0. The molecule has 0 aromatic heterocycles. The number of hydrogen-bond acceptors (Lipinski definition) is 3. The molecule has 0 heterocycles. The molecule has 0 fully saturated rings. The van der Waals surface area contributed by atoms with Gasteiger partial charge in [-0.05, 0) is 55.8 Å². The molecule has 5 nitrogen and oxygen atoms in total. The van der Waals surface area contributed by atoms with Gasteiger partial charge in [-0.15, -0.1) is 0 Å². The van der Waals surface area contributed by atoms with Crippen LogP contribution in [0.5, 0.6) is 0 Å². The van der Waals surface area contributed by atoms with Crippen molar-refractivity contribution in [3.63, 3.8) is 0 Å². The van der Waals surface area contributed by atoms with Crippen LogP contribution in [0.1, 0.15) is 36.2 Å². The fourth-order valence-electron chi connectivity index (χ4n) is 2.17. The van der Waals surface area contributed by atoms with Gasteiger partial charge in [-0.25, -0.2) is 8.42 Å². The number of carbonyl (C=O) groups excluding carboxylic acids is 1. The van der Waals surface area contributed by atoms with E-state index in [-0.39, 0.29) is 28.1 Å². The Morgan fingerprint density at radius 3 is 2.30 bits per heavy atom. The summed E-state index contributed by atoms with van der Waals surface area (Å²) in [7, 11) is -4.09. The highest BCUT2D eigenvalue weighted by Gasteiger charge is 2.30. The predicted molar refractivity (Wildman–Crippen MR) is 95.9 cm³/mol. The Morgan fingerprint density at radius 1 is 1.11 bits per heavy atom. The number of anilines is 1. The minimum Gasteiger partial charge on any atom is -0.350 e. The van der Waals surface area contributed by atoms with Crippen LogP contribution < -0.4 is 10.0 Å². The second-order valence-electron chi connectivity index (χ2n) is 5.99. The zero-order valence-electron chi connectivity index (χ0n) is 14.7. The molecule has 0 aliphatic carbocycles. The summed E-state index contributed by atoms with van der Waals surface area (Å²) in [5, 5.41) is 2.75. The lowest BCUT2D eigenvalue weighted by atomic mass is 10.2. The lowest BCUT2D eigenvalue weighted by Crippen LogP contribution is -2.31. The van der Waals surface area contributed by atoms with Crippen LogP contribution in [-0.4, -0.2) is 20.4 Å².